The molecule has 0 saturated carbocycles. The van der Waals surface area contributed by atoms with Gasteiger partial charge in [0.2, 0.25) is 5.95 Å². The molecule has 6 nitrogen and oxygen atoms in total. The molecule has 0 aliphatic carbocycles. The van der Waals surface area contributed by atoms with E-state index in [0.717, 1.165) is 29.4 Å². The van der Waals surface area contributed by atoms with Gasteiger partial charge in [-0.1, -0.05) is 24.3 Å². The summed E-state index contributed by atoms with van der Waals surface area (Å²) < 4.78 is 12.9. The molecule has 4 rings (SSSR count). The fourth-order valence-corrected chi connectivity index (χ4v) is 3.43. The predicted molar refractivity (Wildman–Crippen MR) is 99.7 cm³/mol. The fourth-order valence-electron chi connectivity index (χ4n) is 3.43. The minimum atomic E-state index is 0.0976. The summed E-state index contributed by atoms with van der Waals surface area (Å²) in [4.78, 5) is 4.38. The van der Waals surface area contributed by atoms with E-state index in [1.54, 1.807) is 13.4 Å². The molecule has 1 aliphatic rings. The Bertz CT molecular complexity index is 876. The smallest absolute Gasteiger partial charge is 0.222 e. The molecule has 0 spiro atoms. The van der Waals surface area contributed by atoms with Crippen LogP contribution in [0.4, 0.5) is 5.95 Å². The molecule has 0 fully saturated rings. The highest BCUT2D eigenvalue weighted by Gasteiger charge is 2.30. The van der Waals surface area contributed by atoms with E-state index >= 15 is 0 Å². The van der Waals surface area contributed by atoms with Crippen molar-refractivity contribution in [3.05, 3.63) is 66.0 Å². The molecule has 3 aromatic rings. The van der Waals surface area contributed by atoms with Crippen molar-refractivity contribution >= 4 is 5.95 Å². The summed E-state index contributed by atoms with van der Waals surface area (Å²) in [6.07, 6.45) is 2.47. The lowest BCUT2D eigenvalue weighted by Gasteiger charge is -2.32. The number of nitrogens with zero attached hydrogens (tertiary/aromatic N) is 3. The van der Waals surface area contributed by atoms with Crippen LogP contribution in [-0.2, 0) is 0 Å². The van der Waals surface area contributed by atoms with Gasteiger partial charge in [-0.15, -0.1) is 0 Å². The van der Waals surface area contributed by atoms with E-state index in [1.807, 2.05) is 35.9 Å². The predicted octanol–water partition coefficient (Wildman–Crippen LogP) is 3.83. The first-order valence-corrected chi connectivity index (χ1v) is 8.81. The van der Waals surface area contributed by atoms with E-state index in [0.29, 0.717) is 6.61 Å². The maximum absolute atomic E-state index is 5.55. The highest BCUT2D eigenvalue weighted by Crippen LogP contribution is 2.38. The molecule has 1 N–H and O–H groups in total. The molecule has 2 atom stereocenters. The van der Waals surface area contributed by atoms with Crippen molar-refractivity contribution in [1.29, 1.82) is 0 Å². The summed E-state index contributed by atoms with van der Waals surface area (Å²) in [5.74, 6) is 2.52. The molecule has 0 amide bonds. The first-order valence-electron chi connectivity index (χ1n) is 8.81. The third-order valence-corrected chi connectivity index (χ3v) is 4.70. The maximum atomic E-state index is 5.55. The number of ether oxygens (including phenoxy) is 2. The molecule has 1 aromatic heterocycles. The number of nitrogens with one attached hydrogen (secondary N) is 1. The Morgan fingerprint density at radius 2 is 1.96 bits per heavy atom. The Kier molecular flexibility index (Phi) is 4.48. The molecular formula is C20H22N4O2. The quantitative estimate of drug-likeness (QED) is 0.758. The van der Waals surface area contributed by atoms with Crippen molar-refractivity contribution in [1.82, 2.24) is 14.8 Å². The lowest BCUT2D eigenvalue weighted by molar-refractivity contribution is 0.340. The average molecular weight is 350 g/mol. The summed E-state index contributed by atoms with van der Waals surface area (Å²) in [7, 11) is 1.69. The van der Waals surface area contributed by atoms with Gasteiger partial charge >= 0.3 is 0 Å². The standard InChI is InChI=1S/C20H22N4O2/c1-3-26-16-9-7-14(8-10-16)18-12-19(24-20(23-18)21-13-22-24)15-5-4-6-17(11-15)25-2/h4-11,13,18-19H,3,12H2,1-2H3,(H,21,22,23). The second-order valence-electron chi connectivity index (χ2n) is 6.26. The fraction of sp³-hybridized carbons (Fsp3) is 0.300. The molecule has 134 valence electrons. The zero-order valence-corrected chi connectivity index (χ0v) is 14.9. The summed E-state index contributed by atoms with van der Waals surface area (Å²) in [5.41, 5.74) is 2.36. The van der Waals surface area contributed by atoms with Gasteiger partial charge in [0.1, 0.15) is 17.8 Å². The molecule has 2 heterocycles. The molecule has 1 aliphatic heterocycles. The molecule has 26 heavy (non-hydrogen) atoms. The van der Waals surface area contributed by atoms with Gasteiger partial charge in [0.15, 0.2) is 0 Å². The van der Waals surface area contributed by atoms with Crippen molar-refractivity contribution in [2.24, 2.45) is 0 Å². The summed E-state index contributed by atoms with van der Waals surface area (Å²) in [6.45, 7) is 2.66. The van der Waals surface area contributed by atoms with Crippen molar-refractivity contribution < 1.29 is 9.47 Å². The number of fused-ring (bicyclic) bond motifs is 1. The maximum Gasteiger partial charge on any atom is 0.222 e. The van der Waals surface area contributed by atoms with E-state index in [9.17, 15) is 0 Å². The van der Waals surface area contributed by atoms with Crippen LogP contribution in [0, 0.1) is 0 Å². The lowest BCUT2D eigenvalue weighted by atomic mass is 9.93. The second-order valence-corrected chi connectivity index (χ2v) is 6.26. The normalized spacial score (nSPS) is 18.7. The van der Waals surface area contributed by atoms with E-state index in [2.05, 4.69) is 39.7 Å². The van der Waals surface area contributed by atoms with Crippen LogP contribution in [0.1, 0.15) is 36.6 Å². The molecule has 2 aromatic carbocycles. The minimum Gasteiger partial charge on any atom is -0.497 e. The Balaban J connectivity index is 1.65. The Morgan fingerprint density at radius 1 is 1.12 bits per heavy atom. The molecule has 6 heteroatoms. The van der Waals surface area contributed by atoms with Gasteiger partial charge in [-0.25, -0.2) is 4.68 Å². The van der Waals surface area contributed by atoms with Gasteiger partial charge in [0, 0.05) is 0 Å². The highest BCUT2D eigenvalue weighted by molar-refractivity contribution is 5.40. The van der Waals surface area contributed by atoms with Crippen molar-refractivity contribution in [3.8, 4) is 11.5 Å². The summed E-state index contributed by atoms with van der Waals surface area (Å²) in [5, 5.41) is 7.91. The third kappa shape index (κ3) is 3.10. The van der Waals surface area contributed by atoms with Crippen molar-refractivity contribution in [2.75, 3.05) is 19.0 Å². The third-order valence-electron chi connectivity index (χ3n) is 4.70. The number of hydrogen-bond donors (Lipinski definition) is 1. The van der Waals surface area contributed by atoms with Crippen LogP contribution in [-0.4, -0.2) is 28.5 Å². The zero-order valence-electron chi connectivity index (χ0n) is 14.9. The van der Waals surface area contributed by atoms with Gasteiger partial charge in [0.25, 0.3) is 0 Å². The van der Waals surface area contributed by atoms with Crippen LogP contribution in [0.5, 0.6) is 11.5 Å². The number of anilines is 1. The van der Waals surface area contributed by atoms with Gasteiger partial charge in [-0.3, -0.25) is 0 Å². The van der Waals surface area contributed by atoms with Gasteiger partial charge in [0.05, 0.1) is 25.8 Å². The Hall–Kier alpha value is -3.02. The first kappa shape index (κ1) is 16.4. The van der Waals surface area contributed by atoms with Crippen LogP contribution < -0.4 is 14.8 Å². The summed E-state index contributed by atoms with van der Waals surface area (Å²) in [6, 6.07) is 16.6. The topological polar surface area (TPSA) is 61.2 Å². The average Bonchev–Trinajstić information content (AvgIpc) is 3.17. The molecule has 0 bridgehead atoms. The lowest BCUT2D eigenvalue weighted by Crippen LogP contribution is -2.28. The Labute approximate surface area is 152 Å². The monoisotopic (exact) mass is 350 g/mol. The van der Waals surface area contributed by atoms with Crippen LogP contribution in [0.2, 0.25) is 0 Å². The van der Waals surface area contributed by atoms with Crippen molar-refractivity contribution in [3.63, 3.8) is 0 Å². The molecular weight excluding hydrogens is 328 g/mol. The first-order chi connectivity index (χ1) is 12.8. The molecule has 0 saturated heterocycles. The number of benzene rings is 2. The second kappa shape index (κ2) is 7.07. The number of rotatable bonds is 5. The van der Waals surface area contributed by atoms with E-state index in [1.165, 1.54) is 5.56 Å². The molecule has 0 radical (unpaired) electrons. The zero-order chi connectivity index (χ0) is 17.9. The largest absolute Gasteiger partial charge is 0.497 e. The van der Waals surface area contributed by atoms with Gasteiger partial charge < -0.3 is 14.8 Å². The summed E-state index contributed by atoms with van der Waals surface area (Å²) >= 11 is 0. The number of methoxy groups -OCH3 is 1. The van der Waals surface area contributed by atoms with Crippen LogP contribution in [0.25, 0.3) is 0 Å². The number of hydrogen-bond acceptors (Lipinski definition) is 5. The van der Waals surface area contributed by atoms with Crippen molar-refractivity contribution in [2.45, 2.75) is 25.4 Å². The van der Waals surface area contributed by atoms with E-state index < -0.39 is 0 Å². The van der Waals surface area contributed by atoms with Crippen LogP contribution >= 0.6 is 0 Å². The van der Waals surface area contributed by atoms with Crippen LogP contribution in [0.15, 0.2) is 54.9 Å². The van der Waals surface area contributed by atoms with Crippen LogP contribution in [0.3, 0.4) is 0 Å². The SMILES string of the molecule is CCOc1ccc(C2CC(c3cccc(OC)c3)n3ncnc3N2)cc1. The van der Waals surface area contributed by atoms with E-state index in [4.69, 9.17) is 9.47 Å². The van der Waals surface area contributed by atoms with Gasteiger partial charge in [-0.05, 0) is 48.7 Å². The van der Waals surface area contributed by atoms with Gasteiger partial charge in [-0.2, -0.15) is 10.1 Å². The number of aromatic nitrogens is 3. The van der Waals surface area contributed by atoms with E-state index in [-0.39, 0.29) is 12.1 Å². The minimum absolute atomic E-state index is 0.0976. The highest BCUT2D eigenvalue weighted by atomic mass is 16.5. The molecule has 2 unspecified atom stereocenters. The Morgan fingerprint density at radius 3 is 2.73 bits per heavy atom.